The molecule has 7 nitrogen and oxygen atoms in total. The van der Waals surface area contributed by atoms with E-state index in [0.717, 1.165) is 23.1 Å². The van der Waals surface area contributed by atoms with Crippen LogP contribution in [-0.4, -0.2) is 41.2 Å². The van der Waals surface area contributed by atoms with Crippen LogP contribution in [0, 0.1) is 0 Å². The third-order valence-electron chi connectivity index (χ3n) is 7.77. The molecule has 6 rings (SSSR count). The van der Waals surface area contributed by atoms with Crippen LogP contribution in [0.4, 0.5) is 0 Å². The van der Waals surface area contributed by atoms with Gasteiger partial charge in [-0.25, -0.2) is 8.42 Å². The van der Waals surface area contributed by atoms with E-state index in [2.05, 4.69) is 6.07 Å². The number of hydrogen-bond donors (Lipinski definition) is 0. The lowest BCUT2D eigenvalue weighted by Gasteiger charge is -2.29. The lowest BCUT2D eigenvalue weighted by molar-refractivity contribution is 0.0733. The highest BCUT2D eigenvalue weighted by atomic mass is 32.2. The summed E-state index contributed by atoms with van der Waals surface area (Å²) < 4.78 is 30.6. The molecule has 2 aliphatic heterocycles. The second-order valence-corrected chi connectivity index (χ2v) is 11.9. The molecule has 4 aromatic rings. The number of hydrogen-bond acceptors (Lipinski definition) is 4. The second-order valence-electron chi connectivity index (χ2n) is 9.94. The maximum Gasteiger partial charge on any atom is 0.259 e. The minimum Gasteiger partial charge on any atom is -0.347 e. The van der Waals surface area contributed by atoms with Crippen LogP contribution in [0.15, 0.2) is 82.6 Å². The predicted molar refractivity (Wildman–Crippen MR) is 147 cm³/mol. The van der Waals surface area contributed by atoms with Crippen molar-refractivity contribution in [1.82, 2.24) is 13.8 Å². The van der Waals surface area contributed by atoms with Gasteiger partial charge in [0.05, 0.1) is 10.4 Å². The first-order valence-corrected chi connectivity index (χ1v) is 14.4. The van der Waals surface area contributed by atoms with Crippen LogP contribution in [0.5, 0.6) is 0 Å². The fraction of sp³-hybridized carbons (Fsp3) is 0.267. The summed E-state index contributed by atoms with van der Waals surface area (Å²) in [6.07, 6.45) is 2.99. The van der Waals surface area contributed by atoms with Crippen molar-refractivity contribution in [1.29, 1.82) is 0 Å². The Bertz CT molecular complexity index is 1740. The van der Waals surface area contributed by atoms with Crippen LogP contribution >= 0.6 is 0 Å². The first kappa shape index (κ1) is 24.6. The van der Waals surface area contributed by atoms with Gasteiger partial charge in [-0.3, -0.25) is 9.59 Å². The van der Waals surface area contributed by atoms with Crippen molar-refractivity contribution in [3.63, 3.8) is 0 Å². The average molecular weight is 528 g/mol. The maximum absolute atomic E-state index is 13.7. The summed E-state index contributed by atoms with van der Waals surface area (Å²) in [4.78, 5) is 29.0. The second kappa shape index (κ2) is 9.53. The molecule has 194 valence electrons. The number of nitrogens with zero attached hydrogens (tertiary/aromatic N) is 3. The van der Waals surface area contributed by atoms with E-state index in [1.54, 1.807) is 23.2 Å². The Morgan fingerprint density at radius 3 is 2.16 bits per heavy atom. The van der Waals surface area contributed by atoms with Gasteiger partial charge in [-0.05, 0) is 60.2 Å². The van der Waals surface area contributed by atoms with Gasteiger partial charge in [0.25, 0.3) is 5.91 Å². The Balaban J connectivity index is 1.38. The van der Waals surface area contributed by atoms with E-state index in [1.807, 2.05) is 54.0 Å². The van der Waals surface area contributed by atoms with Crippen molar-refractivity contribution in [2.75, 3.05) is 13.1 Å². The van der Waals surface area contributed by atoms with E-state index in [-0.39, 0.29) is 21.8 Å². The standard InChI is InChI=1S/C30H29N3O4S/c1-2-31-20-27(30(35)32-15-13-21-7-3-5-9-23(21)18-32)29(34)26-17-25(11-12-28(26)31)38(36,37)33-16-14-22-8-4-6-10-24(22)19-33/h3-12,17,20H,2,13-16,18-19H2,1H3. The number of aryl methyl sites for hydroxylation is 1. The van der Waals surface area contributed by atoms with Crippen molar-refractivity contribution in [3.8, 4) is 0 Å². The molecule has 2 aliphatic rings. The SMILES string of the molecule is CCn1cc(C(=O)N2CCc3ccccc3C2)c(=O)c2cc(S(=O)(=O)N3CCc4ccccc4C3)ccc21. The minimum atomic E-state index is -3.83. The molecule has 38 heavy (non-hydrogen) atoms. The monoisotopic (exact) mass is 527 g/mol. The number of benzene rings is 3. The largest absolute Gasteiger partial charge is 0.347 e. The Morgan fingerprint density at radius 2 is 1.47 bits per heavy atom. The van der Waals surface area contributed by atoms with Crippen molar-refractivity contribution in [2.24, 2.45) is 0 Å². The third-order valence-corrected chi connectivity index (χ3v) is 9.62. The molecule has 1 aromatic heterocycles. The lowest BCUT2D eigenvalue weighted by atomic mass is 9.99. The number of pyridine rings is 1. The summed E-state index contributed by atoms with van der Waals surface area (Å²) in [6, 6.07) is 20.6. The van der Waals surface area contributed by atoms with Gasteiger partial charge >= 0.3 is 0 Å². The summed E-state index contributed by atoms with van der Waals surface area (Å²) in [7, 11) is -3.83. The molecule has 0 radical (unpaired) electrons. The number of carbonyl (C=O) groups is 1. The van der Waals surface area contributed by atoms with Gasteiger partial charge in [-0.2, -0.15) is 4.31 Å². The maximum atomic E-state index is 13.7. The smallest absolute Gasteiger partial charge is 0.259 e. The fourth-order valence-corrected chi connectivity index (χ4v) is 7.06. The number of fused-ring (bicyclic) bond motifs is 3. The Hall–Kier alpha value is -3.75. The molecule has 3 heterocycles. The fourth-order valence-electron chi connectivity index (χ4n) is 5.61. The molecule has 0 saturated carbocycles. The van der Waals surface area contributed by atoms with Crippen LogP contribution in [-0.2, 0) is 42.5 Å². The van der Waals surface area contributed by atoms with Crippen LogP contribution in [0.3, 0.4) is 0 Å². The molecule has 0 fully saturated rings. The zero-order valence-corrected chi connectivity index (χ0v) is 22.1. The number of sulfonamides is 1. The van der Waals surface area contributed by atoms with Crippen molar-refractivity contribution in [3.05, 3.63) is 111 Å². The molecule has 3 aromatic carbocycles. The highest BCUT2D eigenvalue weighted by molar-refractivity contribution is 7.89. The molecule has 0 saturated heterocycles. The van der Waals surface area contributed by atoms with E-state index in [1.165, 1.54) is 15.9 Å². The summed E-state index contributed by atoms with van der Waals surface area (Å²) in [5, 5.41) is 0.244. The highest BCUT2D eigenvalue weighted by Crippen LogP contribution is 2.27. The third kappa shape index (κ3) is 4.14. The Kier molecular flexibility index (Phi) is 6.16. The highest BCUT2D eigenvalue weighted by Gasteiger charge is 2.30. The summed E-state index contributed by atoms with van der Waals surface area (Å²) in [5.74, 6) is -0.325. The van der Waals surface area contributed by atoms with Gasteiger partial charge in [0, 0.05) is 44.3 Å². The minimum absolute atomic E-state index is 0.0696. The zero-order chi connectivity index (χ0) is 26.4. The van der Waals surface area contributed by atoms with Gasteiger partial charge < -0.3 is 9.47 Å². The number of carbonyl (C=O) groups excluding carboxylic acids is 1. The molecule has 0 bridgehead atoms. The first-order valence-electron chi connectivity index (χ1n) is 13.0. The van der Waals surface area contributed by atoms with Crippen LogP contribution in [0.2, 0.25) is 0 Å². The van der Waals surface area contributed by atoms with Crippen LogP contribution < -0.4 is 5.43 Å². The predicted octanol–water partition coefficient (Wildman–Crippen LogP) is 3.97. The summed E-state index contributed by atoms with van der Waals surface area (Å²) >= 11 is 0. The first-order chi connectivity index (χ1) is 18.4. The zero-order valence-electron chi connectivity index (χ0n) is 21.3. The average Bonchev–Trinajstić information content (AvgIpc) is 2.96. The van der Waals surface area contributed by atoms with Gasteiger partial charge in [0.15, 0.2) is 0 Å². The van der Waals surface area contributed by atoms with Gasteiger partial charge in [0.1, 0.15) is 5.56 Å². The van der Waals surface area contributed by atoms with E-state index in [0.29, 0.717) is 44.7 Å². The van der Waals surface area contributed by atoms with Crippen LogP contribution in [0.1, 0.15) is 39.5 Å². The summed E-state index contributed by atoms with van der Waals surface area (Å²) in [6.45, 7) is 4.13. The van der Waals surface area contributed by atoms with Crippen molar-refractivity contribution < 1.29 is 13.2 Å². The van der Waals surface area contributed by atoms with Gasteiger partial charge in [-0.15, -0.1) is 0 Å². The molecule has 0 N–H and O–H groups in total. The van der Waals surface area contributed by atoms with Crippen molar-refractivity contribution >= 4 is 26.8 Å². The van der Waals surface area contributed by atoms with E-state index in [9.17, 15) is 18.0 Å². The van der Waals surface area contributed by atoms with E-state index in [4.69, 9.17) is 0 Å². The number of amides is 1. The van der Waals surface area contributed by atoms with E-state index >= 15 is 0 Å². The summed E-state index contributed by atoms with van der Waals surface area (Å²) in [5.41, 5.74) is 4.70. The van der Waals surface area contributed by atoms with E-state index < -0.39 is 15.5 Å². The van der Waals surface area contributed by atoms with Crippen LogP contribution in [0.25, 0.3) is 10.9 Å². The molecular formula is C30H29N3O4S. The normalized spacial score (nSPS) is 15.8. The quantitative estimate of drug-likeness (QED) is 0.402. The van der Waals surface area contributed by atoms with Gasteiger partial charge in [0.2, 0.25) is 15.5 Å². The molecule has 0 atom stereocenters. The van der Waals surface area contributed by atoms with Crippen molar-refractivity contribution in [2.45, 2.75) is 44.3 Å². The van der Waals surface area contributed by atoms with Gasteiger partial charge in [-0.1, -0.05) is 48.5 Å². The molecular weight excluding hydrogens is 498 g/mol. The topological polar surface area (TPSA) is 79.7 Å². The molecule has 0 unspecified atom stereocenters. The number of aromatic nitrogens is 1. The molecule has 0 spiro atoms. The molecule has 0 aliphatic carbocycles. The Morgan fingerprint density at radius 1 is 0.842 bits per heavy atom. The Labute approximate surface area is 222 Å². The molecule has 8 heteroatoms. The molecule has 1 amide bonds. The number of rotatable bonds is 4. The lowest BCUT2D eigenvalue weighted by Crippen LogP contribution is -2.38.